The first-order chi connectivity index (χ1) is 14.5. The summed E-state index contributed by atoms with van der Waals surface area (Å²) in [6.07, 6.45) is 6.89. The highest BCUT2D eigenvalue weighted by molar-refractivity contribution is 5.57. The van der Waals surface area contributed by atoms with Gasteiger partial charge in [-0.05, 0) is 68.3 Å². The first kappa shape index (κ1) is 22.4. The highest BCUT2D eigenvalue weighted by Gasteiger charge is 2.42. The van der Waals surface area contributed by atoms with E-state index >= 15 is 0 Å². The highest BCUT2D eigenvalue weighted by Crippen LogP contribution is 2.41. The van der Waals surface area contributed by atoms with Gasteiger partial charge in [-0.25, -0.2) is 0 Å². The van der Waals surface area contributed by atoms with Crippen molar-refractivity contribution in [1.29, 1.82) is 0 Å². The van der Waals surface area contributed by atoms with Crippen LogP contribution in [0.25, 0.3) is 6.08 Å². The molecule has 2 unspecified atom stereocenters. The second-order valence-electron chi connectivity index (χ2n) is 8.56. The van der Waals surface area contributed by atoms with E-state index in [9.17, 15) is 5.11 Å². The number of benzene rings is 2. The molecule has 2 atom stereocenters. The van der Waals surface area contributed by atoms with Gasteiger partial charge in [-0.1, -0.05) is 42.8 Å². The molecule has 4 heteroatoms. The summed E-state index contributed by atoms with van der Waals surface area (Å²) < 4.78 is 10.9. The van der Waals surface area contributed by atoms with Gasteiger partial charge in [0.2, 0.25) is 0 Å². The van der Waals surface area contributed by atoms with Crippen LogP contribution in [0.4, 0.5) is 0 Å². The number of hydrogen-bond acceptors (Lipinski definition) is 4. The number of ether oxygens (including phenoxy) is 2. The van der Waals surface area contributed by atoms with E-state index in [1.54, 1.807) is 14.2 Å². The molecule has 0 aromatic heterocycles. The zero-order valence-electron chi connectivity index (χ0n) is 18.7. The average molecular weight is 410 g/mol. The van der Waals surface area contributed by atoms with Crippen molar-refractivity contribution in [2.45, 2.75) is 37.7 Å². The van der Waals surface area contributed by atoms with Crippen molar-refractivity contribution in [3.63, 3.8) is 0 Å². The van der Waals surface area contributed by atoms with Crippen LogP contribution in [-0.4, -0.2) is 50.5 Å². The number of nitrogens with zero attached hydrogens (tertiary/aromatic N) is 1. The van der Waals surface area contributed by atoms with Gasteiger partial charge in [0.15, 0.2) is 0 Å². The highest BCUT2D eigenvalue weighted by atomic mass is 16.5. The third kappa shape index (κ3) is 5.24. The van der Waals surface area contributed by atoms with Gasteiger partial charge in [-0.2, -0.15) is 0 Å². The second-order valence-corrected chi connectivity index (χ2v) is 8.56. The molecule has 1 saturated carbocycles. The molecule has 2 aromatic carbocycles. The minimum Gasteiger partial charge on any atom is -0.497 e. The number of aliphatic hydroxyl groups is 1. The molecule has 0 bridgehead atoms. The van der Waals surface area contributed by atoms with Crippen LogP contribution in [0.15, 0.2) is 54.1 Å². The fourth-order valence-corrected chi connectivity index (χ4v) is 4.60. The van der Waals surface area contributed by atoms with Crippen LogP contribution in [0.5, 0.6) is 11.5 Å². The number of para-hydroxylation sites is 1. The largest absolute Gasteiger partial charge is 0.497 e. The van der Waals surface area contributed by atoms with Gasteiger partial charge >= 0.3 is 0 Å². The van der Waals surface area contributed by atoms with Gasteiger partial charge in [0.1, 0.15) is 11.5 Å². The SMILES string of the molecule is COc1ccc(C=C2CCCCC(CN(C)C)C2(O)Cc2ccccc2OC)cc1. The fourth-order valence-electron chi connectivity index (χ4n) is 4.60. The Hall–Kier alpha value is -2.30. The molecule has 1 fully saturated rings. The molecule has 30 heavy (non-hydrogen) atoms. The standard InChI is InChI=1S/C26H35NO3/c1-27(2)19-23-11-7-6-10-22(17-20-13-15-24(29-3)16-14-20)26(23,28)18-21-9-5-8-12-25(21)30-4/h5,8-9,12-17,23,28H,6-7,10-11,18-19H2,1-4H3. The van der Waals surface area contributed by atoms with E-state index in [0.717, 1.165) is 60.4 Å². The van der Waals surface area contributed by atoms with E-state index in [1.165, 1.54) is 0 Å². The van der Waals surface area contributed by atoms with E-state index in [0.29, 0.717) is 6.42 Å². The Labute approximate surface area is 181 Å². The second kappa shape index (κ2) is 10.1. The lowest BCUT2D eigenvalue weighted by Gasteiger charge is -2.39. The molecule has 4 nitrogen and oxygen atoms in total. The predicted octanol–water partition coefficient (Wildman–Crippen LogP) is 4.81. The Balaban J connectivity index is 2.04. The first-order valence-electron chi connectivity index (χ1n) is 10.8. The van der Waals surface area contributed by atoms with Crippen molar-refractivity contribution in [3.05, 3.63) is 65.2 Å². The fraction of sp³-hybridized carbons (Fsp3) is 0.462. The van der Waals surface area contributed by atoms with E-state index < -0.39 is 5.60 Å². The van der Waals surface area contributed by atoms with Crippen LogP contribution in [-0.2, 0) is 6.42 Å². The summed E-state index contributed by atoms with van der Waals surface area (Å²) in [6, 6.07) is 16.1. The molecule has 0 spiro atoms. The topological polar surface area (TPSA) is 41.9 Å². The molecule has 1 aliphatic carbocycles. The number of hydrogen-bond donors (Lipinski definition) is 1. The molecular weight excluding hydrogens is 374 g/mol. The van der Waals surface area contributed by atoms with Gasteiger partial charge in [0, 0.05) is 18.9 Å². The Morgan fingerprint density at radius 3 is 2.43 bits per heavy atom. The molecule has 0 saturated heterocycles. The summed E-state index contributed by atoms with van der Waals surface area (Å²) >= 11 is 0. The predicted molar refractivity (Wildman–Crippen MR) is 123 cm³/mol. The minimum atomic E-state index is -0.921. The van der Waals surface area contributed by atoms with Gasteiger partial charge in [0.05, 0.1) is 19.8 Å². The summed E-state index contributed by atoms with van der Waals surface area (Å²) in [6.45, 7) is 0.853. The maximum Gasteiger partial charge on any atom is 0.122 e. The summed E-state index contributed by atoms with van der Waals surface area (Å²) in [4.78, 5) is 2.19. The smallest absolute Gasteiger partial charge is 0.122 e. The van der Waals surface area contributed by atoms with Crippen molar-refractivity contribution >= 4 is 6.08 Å². The molecule has 0 aliphatic heterocycles. The Bertz CT molecular complexity index is 844. The Morgan fingerprint density at radius 2 is 1.77 bits per heavy atom. The Kier molecular flexibility index (Phi) is 7.57. The normalized spacial score (nSPS) is 23.4. The van der Waals surface area contributed by atoms with Crippen molar-refractivity contribution in [2.75, 3.05) is 34.9 Å². The molecule has 0 radical (unpaired) electrons. The first-order valence-corrected chi connectivity index (χ1v) is 10.8. The monoisotopic (exact) mass is 409 g/mol. The Morgan fingerprint density at radius 1 is 1.03 bits per heavy atom. The summed E-state index contributed by atoms with van der Waals surface area (Å²) in [7, 11) is 7.54. The maximum absolute atomic E-state index is 12.3. The number of methoxy groups -OCH3 is 2. The summed E-state index contributed by atoms with van der Waals surface area (Å²) in [5.41, 5.74) is 2.33. The average Bonchev–Trinajstić information content (AvgIpc) is 2.88. The number of rotatable bonds is 7. The molecule has 1 N–H and O–H groups in total. The molecule has 162 valence electrons. The lowest BCUT2D eigenvalue weighted by Crippen LogP contribution is -2.45. The summed E-state index contributed by atoms with van der Waals surface area (Å²) in [5, 5.41) is 12.3. The summed E-state index contributed by atoms with van der Waals surface area (Å²) in [5.74, 6) is 1.83. The molecule has 0 heterocycles. The van der Waals surface area contributed by atoms with Crippen LogP contribution >= 0.6 is 0 Å². The lowest BCUT2D eigenvalue weighted by atomic mass is 9.74. The maximum atomic E-state index is 12.3. The van der Waals surface area contributed by atoms with E-state index in [4.69, 9.17) is 9.47 Å². The van der Waals surface area contributed by atoms with Crippen LogP contribution in [0.1, 0.15) is 36.8 Å². The van der Waals surface area contributed by atoms with E-state index in [1.807, 2.05) is 30.3 Å². The molecule has 2 aromatic rings. The third-order valence-electron chi connectivity index (χ3n) is 6.17. The van der Waals surface area contributed by atoms with Crippen LogP contribution in [0.3, 0.4) is 0 Å². The van der Waals surface area contributed by atoms with Crippen molar-refractivity contribution in [1.82, 2.24) is 4.90 Å². The quantitative estimate of drug-likeness (QED) is 0.666. The van der Waals surface area contributed by atoms with E-state index in [2.05, 4.69) is 43.3 Å². The van der Waals surface area contributed by atoms with Gasteiger partial charge < -0.3 is 19.5 Å². The van der Waals surface area contributed by atoms with Crippen LogP contribution < -0.4 is 9.47 Å². The zero-order chi connectivity index (χ0) is 21.6. The van der Waals surface area contributed by atoms with Gasteiger partial charge in [-0.15, -0.1) is 0 Å². The van der Waals surface area contributed by atoms with Crippen molar-refractivity contribution in [2.24, 2.45) is 5.92 Å². The third-order valence-corrected chi connectivity index (χ3v) is 6.17. The van der Waals surface area contributed by atoms with Crippen LogP contribution in [0, 0.1) is 5.92 Å². The van der Waals surface area contributed by atoms with Crippen LogP contribution in [0.2, 0.25) is 0 Å². The molecular formula is C26H35NO3. The van der Waals surface area contributed by atoms with Gasteiger partial charge in [0.25, 0.3) is 0 Å². The molecule has 1 aliphatic rings. The zero-order valence-corrected chi connectivity index (χ0v) is 18.7. The van der Waals surface area contributed by atoms with Crippen molar-refractivity contribution in [3.8, 4) is 11.5 Å². The molecule has 0 amide bonds. The lowest BCUT2D eigenvalue weighted by molar-refractivity contribution is 0.00476. The molecule has 3 rings (SSSR count). The van der Waals surface area contributed by atoms with Gasteiger partial charge in [-0.3, -0.25) is 0 Å². The van der Waals surface area contributed by atoms with Crippen molar-refractivity contribution < 1.29 is 14.6 Å². The van der Waals surface area contributed by atoms with E-state index in [-0.39, 0.29) is 5.92 Å². The minimum absolute atomic E-state index is 0.157.